The van der Waals surface area contributed by atoms with Crippen LogP contribution >= 0.6 is 22.9 Å². The Labute approximate surface area is 178 Å². The molecule has 150 valence electrons. The molecule has 2 aromatic carbocycles. The summed E-state index contributed by atoms with van der Waals surface area (Å²) in [6.45, 7) is 4.71. The summed E-state index contributed by atoms with van der Waals surface area (Å²) in [5, 5.41) is 3.68. The van der Waals surface area contributed by atoms with E-state index in [0.717, 1.165) is 22.0 Å². The topological polar surface area (TPSA) is 51.7 Å². The van der Waals surface area contributed by atoms with E-state index < -0.39 is 6.10 Å². The second-order valence-corrected chi connectivity index (χ2v) is 8.24. The standard InChI is InChI=1S/C22H21ClN2O3S/c1-3-20-22(26)25(10-11-27-17-7-5-16(23)6-8-17)19-12-15(4-9-21(19)28-20)18-13-29-14(2)24-18/h4-9,12-13,20H,3,10-11H2,1-2H3. The van der Waals surface area contributed by atoms with E-state index in [1.54, 1.807) is 28.4 Å². The highest BCUT2D eigenvalue weighted by Crippen LogP contribution is 2.38. The fourth-order valence-corrected chi connectivity index (χ4v) is 4.00. The number of amides is 1. The summed E-state index contributed by atoms with van der Waals surface area (Å²) in [6.07, 6.45) is 0.130. The lowest BCUT2D eigenvalue weighted by molar-refractivity contribution is -0.126. The van der Waals surface area contributed by atoms with Crippen molar-refractivity contribution in [2.75, 3.05) is 18.1 Å². The number of thiazole rings is 1. The van der Waals surface area contributed by atoms with E-state index in [1.807, 2.05) is 49.6 Å². The number of nitrogens with zero attached hydrogens (tertiary/aromatic N) is 2. The molecule has 5 nitrogen and oxygen atoms in total. The van der Waals surface area contributed by atoms with Crippen LogP contribution in [0.25, 0.3) is 11.3 Å². The molecular formula is C22H21ClN2O3S. The monoisotopic (exact) mass is 428 g/mol. The highest BCUT2D eigenvalue weighted by molar-refractivity contribution is 7.09. The first kappa shape index (κ1) is 19.7. The van der Waals surface area contributed by atoms with E-state index >= 15 is 0 Å². The number of hydrogen-bond donors (Lipinski definition) is 0. The van der Waals surface area contributed by atoms with Crippen molar-refractivity contribution in [3.63, 3.8) is 0 Å². The Morgan fingerprint density at radius 3 is 2.72 bits per heavy atom. The van der Waals surface area contributed by atoms with Crippen molar-refractivity contribution in [1.82, 2.24) is 4.98 Å². The first-order valence-electron chi connectivity index (χ1n) is 9.48. The van der Waals surface area contributed by atoms with Gasteiger partial charge in [0.25, 0.3) is 5.91 Å². The van der Waals surface area contributed by atoms with Gasteiger partial charge in [0, 0.05) is 16.0 Å². The van der Waals surface area contributed by atoms with Crippen LogP contribution in [0.5, 0.6) is 11.5 Å². The summed E-state index contributed by atoms with van der Waals surface area (Å²) in [7, 11) is 0. The highest BCUT2D eigenvalue weighted by Gasteiger charge is 2.33. The molecular weight excluding hydrogens is 408 g/mol. The summed E-state index contributed by atoms with van der Waals surface area (Å²) in [5.74, 6) is 1.37. The number of carbonyl (C=O) groups excluding carboxylic acids is 1. The van der Waals surface area contributed by atoms with Gasteiger partial charge in [-0.1, -0.05) is 18.5 Å². The average molecular weight is 429 g/mol. The molecule has 0 aliphatic carbocycles. The smallest absolute Gasteiger partial charge is 0.268 e. The van der Waals surface area contributed by atoms with Crippen LogP contribution in [0.4, 0.5) is 5.69 Å². The Morgan fingerprint density at radius 2 is 2.03 bits per heavy atom. The lowest BCUT2D eigenvalue weighted by atomic mass is 10.1. The minimum Gasteiger partial charge on any atom is -0.492 e. The van der Waals surface area contributed by atoms with Gasteiger partial charge in [0.1, 0.15) is 18.1 Å². The number of rotatable bonds is 6. The van der Waals surface area contributed by atoms with Crippen LogP contribution in [0.15, 0.2) is 47.8 Å². The molecule has 4 rings (SSSR count). The van der Waals surface area contributed by atoms with Crippen molar-refractivity contribution in [2.45, 2.75) is 26.4 Å². The maximum atomic E-state index is 13.0. The van der Waals surface area contributed by atoms with E-state index in [9.17, 15) is 4.79 Å². The molecule has 2 heterocycles. The molecule has 1 aliphatic heterocycles. The predicted molar refractivity (Wildman–Crippen MR) is 116 cm³/mol. The molecule has 1 amide bonds. The van der Waals surface area contributed by atoms with Crippen molar-refractivity contribution >= 4 is 34.5 Å². The summed E-state index contributed by atoms with van der Waals surface area (Å²) < 4.78 is 11.7. The number of benzene rings is 2. The van der Waals surface area contributed by atoms with Crippen LogP contribution < -0.4 is 14.4 Å². The summed E-state index contributed by atoms with van der Waals surface area (Å²) in [4.78, 5) is 19.3. The van der Waals surface area contributed by atoms with Gasteiger partial charge in [-0.25, -0.2) is 4.98 Å². The summed E-state index contributed by atoms with van der Waals surface area (Å²) in [5.41, 5.74) is 2.61. The fraction of sp³-hybridized carbons (Fsp3) is 0.273. The molecule has 7 heteroatoms. The molecule has 29 heavy (non-hydrogen) atoms. The molecule has 0 bridgehead atoms. The zero-order valence-electron chi connectivity index (χ0n) is 16.2. The summed E-state index contributed by atoms with van der Waals surface area (Å²) in [6, 6.07) is 13.1. The number of anilines is 1. The van der Waals surface area contributed by atoms with E-state index in [4.69, 9.17) is 21.1 Å². The van der Waals surface area contributed by atoms with Crippen molar-refractivity contribution in [1.29, 1.82) is 0 Å². The second kappa shape index (κ2) is 8.43. The molecule has 3 aromatic rings. The zero-order valence-corrected chi connectivity index (χ0v) is 17.8. The number of aromatic nitrogens is 1. The van der Waals surface area contributed by atoms with Crippen LogP contribution in [-0.4, -0.2) is 30.1 Å². The van der Waals surface area contributed by atoms with E-state index in [0.29, 0.717) is 36.1 Å². The molecule has 0 fully saturated rings. The maximum Gasteiger partial charge on any atom is 0.268 e. The molecule has 0 saturated heterocycles. The Bertz CT molecular complexity index is 1020. The van der Waals surface area contributed by atoms with E-state index in [1.165, 1.54) is 0 Å². The Kier molecular flexibility index (Phi) is 5.74. The Balaban J connectivity index is 1.58. The Morgan fingerprint density at radius 1 is 1.24 bits per heavy atom. The lowest BCUT2D eigenvalue weighted by Gasteiger charge is -2.34. The van der Waals surface area contributed by atoms with Gasteiger partial charge in [0.2, 0.25) is 0 Å². The molecule has 1 aromatic heterocycles. The van der Waals surface area contributed by atoms with Gasteiger partial charge in [-0.05, 0) is 55.8 Å². The molecule has 0 spiro atoms. The van der Waals surface area contributed by atoms with Gasteiger partial charge in [-0.2, -0.15) is 0 Å². The minimum atomic E-state index is -0.481. The van der Waals surface area contributed by atoms with Gasteiger partial charge >= 0.3 is 0 Å². The molecule has 0 radical (unpaired) electrons. The molecule has 0 saturated carbocycles. The molecule has 1 unspecified atom stereocenters. The fourth-order valence-electron chi connectivity index (χ4n) is 3.25. The van der Waals surface area contributed by atoms with Crippen molar-refractivity contribution in [3.8, 4) is 22.8 Å². The SMILES string of the molecule is CCC1Oc2ccc(-c3csc(C)n3)cc2N(CCOc2ccc(Cl)cc2)C1=O. The maximum absolute atomic E-state index is 13.0. The number of aryl methyl sites for hydroxylation is 1. The molecule has 1 aliphatic rings. The largest absolute Gasteiger partial charge is 0.492 e. The number of carbonyl (C=O) groups is 1. The third-order valence-corrected chi connectivity index (χ3v) is 5.77. The van der Waals surface area contributed by atoms with Crippen LogP contribution in [-0.2, 0) is 4.79 Å². The summed E-state index contributed by atoms with van der Waals surface area (Å²) >= 11 is 7.52. The number of halogens is 1. The lowest BCUT2D eigenvalue weighted by Crippen LogP contribution is -2.47. The minimum absolute atomic E-state index is 0.0497. The van der Waals surface area contributed by atoms with E-state index in [2.05, 4.69) is 4.98 Å². The average Bonchev–Trinajstić information content (AvgIpc) is 3.16. The van der Waals surface area contributed by atoms with Gasteiger partial charge in [-0.3, -0.25) is 4.79 Å². The quantitative estimate of drug-likeness (QED) is 0.530. The number of fused-ring (bicyclic) bond motifs is 1. The third kappa shape index (κ3) is 4.23. The second-order valence-electron chi connectivity index (χ2n) is 6.74. The van der Waals surface area contributed by atoms with Crippen molar-refractivity contribution < 1.29 is 14.3 Å². The Hall–Kier alpha value is -2.57. The number of ether oxygens (including phenoxy) is 2. The van der Waals surface area contributed by atoms with Crippen LogP contribution in [0.3, 0.4) is 0 Å². The molecule has 0 N–H and O–H groups in total. The van der Waals surface area contributed by atoms with Crippen LogP contribution in [0.2, 0.25) is 5.02 Å². The predicted octanol–water partition coefficient (Wildman–Crippen LogP) is 5.35. The van der Waals surface area contributed by atoms with Crippen LogP contribution in [0, 0.1) is 6.92 Å². The van der Waals surface area contributed by atoms with Crippen LogP contribution in [0.1, 0.15) is 18.4 Å². The normalized spacial score (nSPS) is 15.8. The van der Waals surface area contributed by atoms with Gasteiger partial charge in [-0.15, -0.1) is 11.3 Å². The van der Waals surface area contributed by atoms with Gasteiger partial charge in [0.05, 0.1) is 22.9 Å². The van der Waals surface area contributed by atoms with Gasteiger partial charge < -0.3 is 14.4 Å². The first-order valence-corrected chi connectivity index (χ1v) is 10.7. The van der Waals surface area contributed by atoms with Crippen molar-refractivity contribution in [2.24, 2.45) is 0 Å². The third-order valence-electron chi connectivity index (χ3n) is 4.74. The zero-order chi connectivity index (χ0) is 20.4. The first-order chi connectivity index (χ1) is 14.0. The van der Waals surface area contributed by atoms with Gasteiger partial charge in [0.15, 0.2) is 6.10 Å². The van der Waals surface area contributed by atoms with E-state index in [-0.39, 0.29) is 5.91 Å². The molecule has 1 atom stereocenters. The number of hydrogen-bond acceptors (Lipinski definition) is 5. The highest BCUT2D eigenvalue weighted by atomic mass is 35.5. The van der Waals surface area contributed by atoms with Crippen molar-refractivity contribution in [3.05, 3.63) is 57.9 Å².